The maximum atomic E-state index is 2.80. The zero-order valence-corrected chi connectivity index (χ0v) is 46.6. The Morgan fingerprint density at radius 1 is 0.571 bits per heavy atom. The van der Waals surface area contributed by atoms with Crippen molar-refractivity contribution in [2.45, 2.75) is 182 Å². The van der Waals surface area contributed by atoms with E-state index in [4.69, 9.17) is 0 Å². The van der Waals surface area contributed by atoms with E-state index in [2.05, 4.69) is 242 Å². The van der Waals surface area contributed by atoms with Crippen LogP contribution in [0.1, 0.15) is 188 Å². The summed E-state index contributed by atoms with van der Waals surface area (Å²) in [5.74, 6) is 0.395. The monoisotopic (exact) mass is 943 g/mol. The fourth-order valence-electron chi connectivity index (χ4n) is 13.0. The van der Waals surface area contributed by atoms with Gasteiger partial charge in [-0.2, -0.15) is 11.3 Å². The van der Waals surface area contributed by atoms with Crippen LogP contribution in [-0.4, -0.2) is 6.71 Å². The minimum atomic E-state index is -0.110. The lowest BCUT2D eigenvalue weighted by Crippen LogP contribution is -2.61. The second-order valence-corrected chi connectivity index (χ2v) is 29.1. The Kier molecular flexibility index (Phi) is 10.4. The molecule has 2 aliphatic heterocycles. The van der Waals surface area contributed by atoms with Crippen molar-refractivity contribution in [1.82, 2.24) is 0 Å². The highest BCUT2D eigenvalue weighted by Gasteiger charge is 2.52. The van der Waals surface area contributed by atoms with Crippen molar-refractivity contribution in [2.75, 3.05) is 9.80 Å². The molecule has 0 fully saturated rings. The van der Waals surface area contributed by atoms with Crippen LogP contribution < -0.4 is 25.5 Å². The van der Waals surface area contributed by atoms with E-state index in [0.717, 1.165) is 6.42 Å². The second kappa shape index (κ2) is 15.4. The van der Waals surface area contributed by atoms with Crippen LogP contribution in [0.4, 0.5) is 28.4 Å². The highest BCUT2D eigenvalue weighted by atomic mass is 32.1. The van der Waals surface area contributed by atoms with Gasteiger partial charge in [0.2, 0.25) is 0 Å². The van der Waals surface area contributed by atoms with Crippen molar-refractivity contribution < 1.29 is 0 Å². The summed E-state index contributed by atoms with van der Waals surface area (Å²) in [5, 5.41) is 2.57. The van der Waals surface area contributed by atoms with E-state index in [1.165, 1.54) is 114 Å². The summed E-state index contributed by atoms with van der Waals surface area (Å²) < 4.78 is 1.52. The summed E-state index contributed by atoms with van der Waals surface area (Å²) in [6.07, 6.45) is 11.0. The fourth-order valence-corrected chi connectivity index (χ4v) is 14.8. The van der Waals surface area contributed by atoms with Crippen LogP contribution in [0.5, 0.6) is 0 Å². The molecule has 4 heteroatoms. The number of benzene rings is 5. The number of anilines is 5. The van der Waals surface area contributed by atoms with Crippen LogP contribution in [0.15, 0.2) is 109 Å². The van der Waals surface area contributed by atoms with Crippen molar-refractivity contribution in [2.24, 2.45) is 11.3 Å². The predicted octanol–water partition coefficient (Wildman–Crippen LogP) is 17.0. The highest BCUT2D eigenvalue weighted by Crippen LogP contribution is 2.58. The largest absolute Gasteiger partial charge is 0.311 e. The van der Waals surface area contributed by atoms with Crippen LogP contribution in [0.25, 0.3) is 16.3 Å². The number of rotatable bonds is 3. The molecule has 70 heavy (non-hydrogen) atoms. The maximum absolute atomic E-state index is 2.80. The number of nitrogens with zero attached hydrogens (tertiary/aromatic N) is 2. The van der Waals surface area contributed by atoms with Crippen molar-refractivity contribution >= 4 is 78.5 Å². The average molecular weight is 943 g/mol. The Morgan fingerprint density at radius 3 is 1.79 bits per heavy atom. The predicted molar refractivity (Wildman–Crippen MR) is 308 cm³/mol. The first kappa shape index (κ1) is 47.5. The van der Waals surface area contributed by atoms with E-state index < -0.39 is 0 Å². The zero-order chi connectivity index (χ0) is 50.0. The number of allylic oxidation sites excluding steroid dienone is 3. The summed E-state index contributed by atoms with van der Waals surface area (Å²) >= 11 is 2.15. The zero-order valence-electron chi connectivity index (χ0n) is 45.8. The molecule has 1 aromatic heterocycles. The summed E-state index contributed by atoms with van der Waals surface area (Å²) in [4.78, 5) is 7.15. The number of hydrogen-bond donors (Lipinski definition) is 0. The smallest absolute Gasteiger partial charge is 0.264 e. The Bertz CT molecular complexity index is 3200. The SMILES string of the molecule is CC(C)(C)c1ccc(N2c3cc(C(C)(C)C)cc4c3B(c3cc5c(cc3N4C3=CCC(C(C)(C)C)C=C3c3ccc4ccccc4c3)C(C)(C)CCC5(C)C)c3sc4c(c32)C(C)(C)CCC4(C)C)cc1. The summed E-state index contributed by atoms with van der Waals surface area (Å²) in [6.45, 7) is 41.8. The van der Waals surface area contributed by atoms with Crippen LogP contribution in [0.3, 0.4) is 0 Å². The first-order valence-electron chi connectivity index (χ1n) is 26.7. The quantitative estimate of drug-likeness (QED) is 0.163. The Balaban J connectivity index is 1.29. The van der Waals surface area contributed by atoms with Crippen molar-refractivity contribution in [3.8, 4) is 0 Å². The molecule has 3 aliphatic carbocycles. The summed E-state index contributed by atoms with van der Waals surface area (Å²) in [7, 11) is 0. The van der Waals surface area contributed by atoms with Crippen molar-refractivity contribution in [3.63, 3.8) is 0 Å². The molecule has 6 aromatic rings. The van der Waals surface area contributed by atoms with E-state index in [0.29, 0.717) is 5.92 Å². The van der Waals surface area contributed by atoms with E-state index in [9.17, 15) is 0 Å². The van der Waals surface area contributed by atoms with E-state index >= 15 is 0 Å². The lowest BCUT2D eigenvalue weighted by Gasteiger charge is -2.49. The third-order valence-electron chi connectivity index (χ3n) is 18.0. The first-order valence-corrected chi connectivity index (χ1v) is 27.6. The molecule has 1 atom stereocenters. The molecule has 5 aliphatic rings. The Labute approximate surface area is 426 Å². The molecule has 0 N–H and O–H groups in total. The molecule has 0 spiro atoms. The van der Waals surface area contributed by atoms with E-state index in [1.807, 2.05) is 0 Å². The molecule has 0 radical (unpaired) electrons. The van der Waals surface area contributed by atoms with Gasteiger partial charge >= 0.3 is 0 Å². The first-order chi connectivity index (χ1) is 32.6. The minimum absolute atomic E-state index is 0.0158. The lowest BCUT2D eigenvalue weighted by molar-refractivity contribution is 0.294. The molecule has 0 saturated carbocycles. The van der Waals surface area contributed by atoms with Gasteiger partial charge in [0, 0.05) is 43.7 Å². The molecular formula is C66H79BN2S. The highest BCUT2D eigenvalue weighted by molar-refractivity contribution is 7.29. The van der Waals surface area contributed by atoms with Crippen LogP contribution in [0.2, 0.25) is 0 Å². The van der Waals surface area contributed by atoms with Crippen molar-refractivity contribution in [3.05, 3.63) is 147 Å². The molecule has 3 heterocycles. The average Bonchev–Trinajstić information content (AvgIpc) is 3.71. The molecule has 0 bridgehead atoms. The van der Waals surface area contributed by atoms with Gasteiger partial charge in [-0.25, -0.2) is 0 Å². The number of thiophene rings is 1. The molecular weight excluding hydrogens is 864 g/mol. The normalized spacial score (nSPS) is 20.8. The molecule has 1 unspecified atom stereocenters. The van der Waals surface area contributed by atoms with Gasteiger partial charge < -0.3 is 9.80 Å². The second-order valence-electron chi connectivity index (χ2n) is 28.0. The maximum Gasteiger partial charge on any atom is 0.264 e. The van der Waals surface area contributed by atoms with Crippen LogP contribution in [0, 0.1) is 11.3 Å². The van der Waals surface area contributed by atoms with Gasteiger partial charge in [-0.1, -0.05) is 184 Å². The fraction of sp³-hybridized carbons (Fsp3) is 0.455. The molecule has 11 rings (SSSR count). The third kappa shape index (κ3) is 7.37. The van der Waals surface area contributed by atoms with Gasteiger partial charge in [-0.3, -0.25) is 0 Å². The molecule has 0 amide bonds. The van der Waals surface area contributed by atoms with Gasteiger partial charge in [0.15, 0.2) is 0 Å². The molecule has 362 valence electrons. The molecule has 2 nitrogen and oxygen atoms in total. The summed E-state index contributed by atoms with van der Waals surface area (Å²) in [5.41, 5.74) is 21.2. The third-order valence-corrected chi connectivity index (χ3v) is 19.6. The Hall–Kier alpha value is -4.80. The lowest BCUT2D eigenvalue weighted by atomic mass is 9.35. The van der Waals surface area contributed by atoms with Crippen molar-refractivity contribution in [1.29, 1.82) is 0 Å². The molecule has 5 aromatic carbocycles. The van der Waals surface area contributed by atoms with Gasteiger partial charge in [-0.05, 0) is 167 Å². The van der Waals surface area contributed by atoms with Gasteiger partial charge in [0.05, 0.1) is 5.69 Å². The molecule has 0 saturated heterocycles. The van der Waals surface area contributed by atoms with E-state index in [-0.39, 0.29) is 44.6 Å². The standard InChI is InChI=1S/C66H79BN2S/c1-60(2,3)43-24-27-46(28-25-43)68-53-36-45(62(7,8)9)37-54-56(53)67(59-57(68)55-58(70-59)66(16,17)33-32-65(55,14)15)50-38-48-49(64(12,13)31-30-63(48,10)11)39-52(50)69(54)51-29-26-44(61(4,5)6)35-47(51)42-23-22-40-20-18-19-21-41(40)34-42/h18-25,27-29,34-39,44H,26,30-33H2,1-17H3. The van der Waals surface area contributed by atoms with Gasteiger partial charge in [0.25, 0.3) is 6.71 Å². The van der Waals surface area contributed by atoms with Crippen LogP contribution in [-0.2, 0) is 32.5 Å². The summed E-state index contributed by atoms with van der Waals surface area (Å²) in [6, 6.07) is 36.5. The van der Waals surface area contributed by atoms with E-state index in [1.54, 1.807) is 16.0 Å². The van der Waals surface area contributed by atoms with Gasteiger partial charge in [0.1, 0.15) is 0 Å². The van der Waals surface area contributed by atoms with Gasteiger partial charge in [-0.15, -0.1) is 0 Å². The van der Waals surface area contributed by atoms with Crippen LogP contribution >= 0.6 is 11.3 Å². The minimum Gasteiger partial charge on any atom is -0.311 e. The number of fused-ring (bicyclic) bond motifs is 8. The number of hydrogen-bond acceptors (Lipinski definition) is 3. The Morgan fingerprint density at radius 2 is 1.16 bits per heavy atom. The topological polar surface area (TPSA) is 6.48 Å².